The predicted octanol–water partition coefficient (Wildman–Crippen LogP) is 5.57. The maximum Gasteiger partial charge on any atom is 0.256 e. The molecule has 136 valence electrons. The summed E-state index contributed by atoms with van der Waals surface area (Å²) < 4.78 is 19.1. The summed E-state index contributed by atoms with van der Waals surface area (Å²) in [6.07, 6.45) is 1.87. The van der Waals surface area contributed by atoms with Gasteiger partial charge < -0.3 is 10.1 Å². The van der Waals surface area contributed by atoms with E-state index < -0.39 is 0 Å². The number of fused-ring (bicyclic) bond motifs is 1. The second kappa shape index (κ2) is 6.94. The molecule has 1 N–H and O–H groups in total. The van der Waals surface area contributed by atoms with Gasteiger partial charge in [0.1, 0.15) is 11.6 Å². The van der Waals surface area contributed by atoms with Gasteiger partial charge in [0.15, 0.2) is 0 Å². The van der Waals surface area contributed by atoms with Crippen LogP contribution in [-0.4, -0.2) is 13.0 Å². The number of carbonyl (C=O) groups is 1. The Kier molecular flexibility index (Phi) is 4.86. The first-order chi connectivity index (χ1) is 12.3. The number of benzene rings is 2. The molecular weight excluding hydrogens is 329 g/mol. The first kappa shape index (κ1) is 18.2. The Labute approximate surface area is 153 Å². The van der Waals surface area contributed by atoms with Gasteiger partial charge in [-0.25, -0.2) is 4.39 Å². The zero-order valence-electron chi connectivity index (χ0n) is 15.8. The Bertz CT molecular complexity index is 868. The van der Waals surface area contributed by atoms with E-state index in [4.69, 9.17) is 4.74 Å². The van der Waals surface area contributed by atoms with Crippen LogP contribution in [0, 0.1) is 5.82 Å². The van der Waals surface area contributed by atoms with E-state index in [0.29, 0.717) is 23.1 Å². The average Bonchev–Trinajstić information content (AvgIpc) is 2.88. The fourth-order valence-electron chi connectivity index (χ4n) is 3.35. The highest BCUT2D eigenvalue weighted by Crippen LogP contribution is 2.38. The quantitative estimate of drug-likeness (QED) is 0.729. The van der Waals surface area contributed by atoms with Crippen molar-refractivity contribution in [2.45, 2.75) is 39.5 Å². The third-order valence-electron chi connectivity index (χ3n) is 4.69. The zero-order chi connectivity index (χ0) is 19.0. The summed E-state index contributed by atoms with van der Waals surface area (Å²) in [5.41, 5.74) is 4.97. The van der Waals surface area contributed by atoms with Crippen molar-refractivity contribution in [3.05, 3.63) is 58.4 Å². The van der Waals surface area contributed by atoms with Crippen molar-refractivity contribution in [2.24, 2.45) is 0 Å². The van der Waals surface area contributed by atoms with E-state index in [0.717, 1.165) is 28.0 Å². The Morgan fingerprint density at radius 2 is 1.65 bits per heavy atom. The fourth-order valence-corrected chi connectivity index (χ4v) is 3.35. The van der Waals surface area contributed by atoms with Crippen molar-refractivity contribution in [1.82, 2.24) is 0 Å². The largest absolute Gasteiger partial charge is 0.496 e. The first-order valence-corrected chi connectivity index (χ1v) is 8.86. The van der Waals surface area contributed by atoms with Crippen molar-refractivity contribution in [2.75, 3.05) is 12.4 Å². The first-order valence-electron chi connectivity index (χ1n) is 8.86. The fraction of sp³-hybridized carbons (Fsp3) is 0.318. The van der Waals surface area contributed by atoms with Gasteiger partial charge in [-0.1, -0.05) is 27.7 Å². The number of anilines is 1. The normalized spacial score (nSPS) is 14.9. The number of hydrogen-bond acceptors (Lipinski definition) is 2. The van der Waals surface area contributed by atoms with Gasteiger partial charge in [-0.3, -0.25) is 4.79 Å². The lowest BCUT2D eigenvalue weighted by atomic mass is 9.90. The lowest BCUT2D eigenvalue weighted by Crippen LogP contribution is -2.04. The molecule has 1 aliphatic heterocycles. The van der Waals surface area contributed by atoms with Crippen LogP contribution in [0.5, 0.6) is 5.75 Å². The van der Waals surface area contributed by atoms with Crippen LogP contribution >= 0.6 is 0 Å². The summed E-state index contributed by atoms with van der Waals surface area (Å²) in [6, 6.07) is 8.50. The second-order valence-electron chi connectivity index (χ2n) is 7.24. The standard InChI is InChI=1S/C22H24FNO2/c1-12(2)17-8-14(9-18(13(3)4)21(17)26-5)10-19-16-7-6-15(23)11-20(16)24-22(19)25/h6-13H,1-5H3,(H,24,25). The molecule has 3 nitrogen and oxygen atoms in total. The number of amides is 1. The lowest BCUT2D eigenvalue weighted by Gasteiger charge is -2.19. The summed E-state index contributed by atoms with van der Waals surface area (Å²) in [5.74, 6) is 0.923. The minimum absolute atomic E-state index is 0.210. The molecule has 0 atom stereocenters. The van der Waals surface area contributed by atoms with E-state index in [9.17, 15) is 9.18 Å². The van der Waals surface area contributed by atoms with Gasteiger partial charge >= 0.3 is 0 Å². The highest BCUT2D eigenvalue weighted by atomic mass is 19.1. The van der Waals surface area contributed by atoms with Crippen LogP contribution in [0.15, 0.2) is 30.3 Å². The molecule has 2 aromatic rings. The number of hydrogen-bond donors (Lipinski definition) is 1. The summed E-state index contributed by atoms with van der Waals surface area (Å²) in [7, 11) is 1.69. The van der Waals surface area contributed by atoms with Crippen molar-refractivity contribution in [3.8, 4) is 5.75 Å². The Morgan fingerprint density at radius 3 is 2.19 bits per heavy atom. The molecule has 0 bridgehead atoms. The van der Waals surface area contributed by atoms with Gasteiger partial charge in [0.05, 0.1) is 12.8 Å². The number of halogens is 1. The van der Waals surface area contributed by atoms with E-state index in [1.54, 1.807) is 13.2 Å². The molecule has 26 heavy (non-hydrogen) atoms. The van der Waals surface area contributed by atoms with Gasteiger partial charge in [-0.15, -0.1) is 0 Å². The third-order valence-corrected chi connectivity index (χ3v) is 4.69. The summed E-state index contributed by atoms with van der Waals surface area (Å²) in [5, 5.41) is 2.73. The van der Waals surface area contributed by atoms with Crippen molar-refractivity contribution >= 4 is 23.2 Å². The van der Waals surface area contributed by atoms with Crippen LogP contribution in [0.4, 0.5) is 10.1 Å². The molecule has 0 spiro atoms. The van der Waals surface area contributed by atoms with Crippen LogP contribution in [0.2, 0.25) is 0 Å². The average molecular weight is 353 g/mol. The molecule has 3 rings (SSSR count). The molecule has 0 unspecified atom stereocenters. The molecule has 0 fully saturated rings. The van der Waals surface area contributed by atoms with Gasteiger partial charge in [0.2, 0.25) is 0 Å². The van der Waals surface area contributed by atoms with Crippen molar-refractivity contribution in [1.29, 1.82) is 0 Å². The molecule has 1 heterocycles. The zero-order valence-corrected chi connectivity index (χ0v) is 15.8. The summed E-state index contributed by atoms with van der Waals surface area (Å²) >= 11 is 0. The molecule has 0 saturated heterocycles. The number of methoxy groups -OCH3 is 1. The van der Waals surface area contributed by atoms with E-state index in [1.807, 2.05) is 6.08 Å². The van der Waals surface area contributed by atoms with Crippen LogP contribution in [0.25, 0.3) is 11.6 Å². The number of carbonyl (C=O) groups excluding carboxylic acids is 1. The Balaban J connectivity index is 2.16. The highest BCUT2D eigenvalue weighted by Gasteiger charge is 2.25. The Morgan fingerprint density at radius 1 is 1.04 bits per heavy atom. The van der Waals surface area contributed by atoms with E-state index in [-0.39, 0.29) is 11.7 Å². The SMILES string of the molecule is COc1c(C(C)C)cc(C=C2C(=O)Nc3cc(F)ccc32)cc1C(C)C. The number of nitrogens with one attached hydrogen (secondary N) is 1. The summed E-state index contributed by atoms with van der Waals surface area (Å²) in [6.45, 7) is 8.50. The molecule has 0 radical (unpaired) electrons. The molecule has 0 aliphatic carbocycles. The third kappa shape index (κ3) is 3.24. The maximum atomic E-state index is 13.4. The molecule has 2 aromatic carbocycles. The topological polar surface area (TPSA) is 38.3 Å². The van der Waals surface area contributed by atoms with Crippen LogP contribution in [-0.2, 0) is 4.79 Å². The summed E-state index contributed by atoms with van der Waals surface area (Å²) in [4.78, 5) is 12.4. The van der Waals surface area contributed by atoms with Crippen LogP contribution in [0.3, 0.4) is 0 Å². The number of rotatable bonds is 4. The molecule has 0 aromatic heterocycles. The molecule has 0 saturated carbocycles. The van der Waals surface area contributed by atoms with Gasteiger partial charge in [0, 0.05) is 11.1 Å². The predicted molar refractivity (Wildman–Crippen MR) is 104 cm³/mol. The van der Waals surface area contributed by atoms with E-state index in [1.165, 1.54) is 12.1 Å². The minimum atomic E-state index is -0.362. The van der Waals surface area contributed by atoms with Crippen LogP contribution < -0.4 is 10.1 Å². The van der Waals surface area contributed by atoms with Gasteiger partial charge in [-0.05, 0) is 64.9 Å². The van der Waals surface area contributed by atoms with Crippen molar-refractivity contribution in [3.63, 3.8) is 0 Å². The second-order valence-corrected chi connectivity index (χ2v) is 7.24. The molecule has 4 heteroatoms. The highest BCUT2D eigenvalue weighted by molar-refractivity contribution is 6.34. The van der Waals surface area contributed by atoms with E-state index in [2.05, 4.69) is 45.1 Å². The molecule has 1 aliphatic rings. The number of ether oxygens (including phenoxy) is 1. The van der Waals surface area contributed by atoms with Crippen molar-refractivity contribution < 1.29 is 13.9 Å². The van der Waals surface area contributed by atoms with Crippen LogP contribution in [0.1, 0.15) is 61.8 Å². The lowest BCUT2D eigenvalue weighted by molar-refractivity contribution is -0.110. The maximum absolute atomic E-state index is 13.4. The van der Waals surface area contributed by atoms with Gasteiger partial charge in [-0.2, -0.15) is 0 Å². The smallest absolute Gasteiger partial charge is 0.256 e. The monoisotopic (exact) mass is 353 g/mol. The van der Waals surface area contributed by atoms with Gasteiger partial charge in [0.25, 0.3) is 5.91 Å². The Hall–Kier alpha value is -2.62. The molecule has 1 amide bonds. The molecular formula is C22H24FNO2. The van der Waals surface area contributed by atoms with E-state index >= 15 is 0 Å². The minimum Gasteiger partial charge on any atom is -0.496 e.